The van der Waals surface area contributed by atoms with E-state index in [9.17, 15) is 4.79 Å². The highest BCUT2D eigenvalue weighted by Gasteiger charge is 2.32. The summed E-state index contributed by atoms with van der Waals surface area (Å²) in [4.78, 5) is 23.4. The van der Waals surface area contributed by atoms with Crippen molar-refractivity contribution in [2.24, 2.45) is 11.8 Å². The molecule has 126 valence electrons. The van der Waals surface area contributed by atoms with Gasteiger partial charge < -0.3 is 4.90 Å². The molecule has 2 fully saturated rings. The molecule has 2 atom stereocenters. The van der Waals surface area contributed by atoms with Crippen LogP contribution in [0, 0.1) is 11.8 Å². The molecule has 0 radical (unpaired) electrons. The van der Waals surface area contributed by atoms with Crippen LogP contribution in [0.5, 0.6) is 0 Å². The Kier molecular flexibility index (Phi) is 4.69. The molecule has 4 rings (SSSR count). The smallest absolute Gasteiger partial charge is 0.232 e. The van der Waals surface area contributed by atoms with Crippen molar-refractivity contribution in [1.29, 1.82) is 0 Å². The van der Waals surface area contributed by atoms with E-state index in [0.717, 1.165) is 40.9 Å². The van der Waals surface area contributed by atoms with Crippen molar-refractivity contribution >= 4 is 28.6 Å². The molecule has 24 heavy (non-hydrogen) atoms. The zero-order chi connectivity index (χ0) is 16.4. The maximum Gasteiger partial charge on any atom is 0.232 e. The van der Waals surface area contributed by atoms with Crippen LogP contribution in [0.1, 0.15) is 32.1 Å². The summed E-state index contributed by atoms with van der Waals surface area (Å²) in [5.41, 5.74) is 0.936. The van der Waals surface area contributed by atoms with Crippen LogP contribution in [0.25, 0.3) is 10.9 Å². The fourth-order valence-corrected chi connectivity index (χ4v) is 5.04. The van der Waals surface area contributed by atoms with Crippen LogP contribution in [0.2, 0.25) is 0 Å². The highest BCUT2D eigenvalue weighted by atomic mass is 32.2. The summed E-state index contributed by atoms with van der Waals surface area (Å²) in [7, 11) is 0. The van der Waals surface area contributed by atoms with Crippen molar-refractivity contribution in [3.8, 4) is 0 Å². The van der Waals surface area contributed by atoms with E-state index in [-0.39, 0.29) is 5.91 Å². The Labute approximate surface area is 147 Å². The van der Waals surface area contributed by atoms with Gasteiger partial charge in [0.05, 0.1) is 11.3 Å². The first-order valence-corrected chi connectivity index (χ1v) is 9.90. The van der Waals surface area contributed by atoms with Crippen molar-refractivity contribution in [2.75, 3.05) is 18.8 Å². The molecule has 2 heterocycles. The Morgan fingerprint density at radius 1 is 1.12 bits per heavy atom. The summed E-state index contributed by atoms with van der Waals surface area (Å²) in [6.07, 6.45) is 8.17. The van der Waals surface area contributed by atoms with Gasteiger partial charge in [0.1, 0.15) is 11.4 Å². The predicted octanol–water partition coefficient (Wildman–Crippen LogP) is 3.76. The molecule has 1 aromatic carbocycles. The molecule has 1 aliphatic heterocycles. The minimum atomic E-state index is 0.256. The van der Waals surface area contributed by atoms with E-state index in [1.54, 1.807) is 6.33 Å². The standard InChI is InChI=1S/C19H23N3OS/c23-18(22-10-9-14-5-1-2-6-15(14)11-22)12-24-19-16-7-3-4-8-17(16)20-13-21-19/h3-4,7-8,13-15H,1-2,5-6,9-12H2/t14-,15-/m1/s1. The van der Waals surface area contributed by atoms with Crippen LogP contribution in [0.15, 0.2) is 35.6 Å². The van der Waals surface area contributed by atoms with E-state index in [2.05, 4.69) is 14.9 Å². The summed E-state index contributed by atoms with van der Waals surface area (Å²) in [6, 6.07) is 7.97. The molecule has 1 aromatic heterocycles. The lowest BCUT2D eigenvalue weighted by Crippen LogP contribution is -2.45. The Bertz CT molecular complexity index is 730. The number of carbonyl (C=O) groups is 1. The number of carbonyl (C=O) groups excluding carboxylic acids is 1. The van der Waals surface area contributed by atoms with Crippen molar-refractivity contribution in [3.63, 3.8) is 0 Å². The van der Waals surface area contributed by atoms with Crippen LogP contribution in [-0.2, 0) is 4.79 Å². The number of thioether (sulfide) groups is 1. The van der Waals surface area contributed by atoms with Crippen LogP contribution in [0.4, 0.5) is 0 Å². The number of fused-ring (bicyclic) bond motifs is 2. The monoisotopic (exact) mass is 341 g/mol. The molecule has 2 aromatic rings. The van der Waals surface area contributed by atoms with E-state index < -0.39 is 0 Å². The molecule has 1 aliphatic carbocycles. The largest absolute Gasteiger partial charge is 0.342 e. The normalized spacial score (nSPS) is 23.9. The van der Waals surface area contributed by atoms with Crippen LogP contribution in [0.3, 0.4) is 0 Å². The number of hydrogen-bond acceptors (Lipinski definition) is 4. The minimum absolute atomic E-state index is 0.256. The summed E-state index contributed by atoms with van der Waals surface area (Å²) in [5, 5.41) is 1.94. The van der Waals surface area contributed by atoms with Gasteiger partial charge in [-0.2, -0.15) is 0 Å². The summed E-state index contributed by atoms with van der Waals surface area (Å²) in [5.74, 6) is 2.33. The highest BCUT2D eigenvalue weighted by Crippen LogP contribution is 2.36. The highest BCUT2D eigenvalue weighted by molar-refractivity contribution is 8.00. The molecule has 1 amide bonds. The number of benzene rings is 1. The molecule has 0 N–H and O–H groups in total. The van der Waals surface area contributed by atoms with Gasteiger partial charge in [0.2, 0.25) is 5.91 Å². The first-order valence-electron chi connectivity index (χ1n) is 8.91. The molecular formula is C19H23N3OS. The molecule has 5 heteroatoms. The average Bonchev–Trinajstić information content (AvgIpc) is 2.65. The maximum absolute atomic E-state index is 12.6. The lowest BCUT2D eigenvalue weighted by atomic mass is 9.75. The number of para-hydroxylation sites is 1. The molecule has 1 saturated carbocycles. The molecule has 0 unspecified atom stereocenters. The second-order valence-electron chi connectivity index (χ2n) is 6.92. The number of aromatic nitrogens is 2. The van der Waals surface area contributed by atoms with Crippen molar-refractivity contribution in [2.45, 2.75) is 37.1 Å². The molecule has 0 bridgehead atoms. The molecule has 4 nitrogen and oxygen atoms in total. The van der Waals surface area contributed by atoms with Crippen LogP contribution >= 0.6 is 11.8 Å². The lowest BCUT2D eigenvalue weighted by molar-refractivity contribution is -0.131. The Hall–Kier alpha value is -1.62. The molecule has 2 aliphatic rings. The van der Waals surface area contributed by atoms with Crippen LogP contribution < -0.4 is 0 Å². The third-order valence-electron chi connectivity index (χ3n) is 5.48. The number of likely N-dealkylation sites (tertiary alicyclic amines) is 1. The first-order chi connectivity index (χ1) is 11.8. The Balaban J connectivity index is 1.39. The van der Waals surface area contributed by atoms with Gasteiger partial charge >= 0.3 is 0 Å². The van der Waals surface area contributed by atoms with Gasteiger partial charge in [-0.15, -0.1) is 0 Å². The maximum atomic E-state index is 12.6. The van der Waals surface area contributed by atoms with Gasteiger partial charge in [0.15, 0.2) is 0 Å². The molecule has 0 spiro atoms. The van der Waals surface area contributed by atoms with Crippen molar-refractivity contribution in [1.82, 2.24) is 14.9 Å². The van der Waals surface area contributed by atoms with E-state index in [1.807, 2.05) is 24.3 Å². The van der Waals surface area contributed by atoms with Gasteiger partial charge in [-0.1, -0.05) is 49.2 Å². The third-order valence-corrected chi connectivity index (χ3v) is 6.47. The number of rotatable bonds is 3. The third kappa shape index (κ3) is 3.27. The fraction of sp³-hybridized carbons (Fsp3) is 0.526. The van der Waals surface area contributed by atoms with Gasteiger partial charge in [-0.05, 0) is 30.7 Å². The minimum Gasteiger partial charge on any atom is -0.342 e. The van der Waals surface area contributed by atoms with Gasteiger partial charge in [-0.3, -0.25) is 4.79 Å². The molecular weight excluding hydrogens is 318 g/mol. The average molecular weight is 341 g/mol. The van der Waals surface area contributed by atoms with Crippen LogP contribution in [-0.4, -0.2) is 39.6 Å². The van der Waals surface area contributed by atoms with Gasteiger partial charge in [0.25, 0.3) is 0 Å². The van der Waals surface area contributed by atoms with E-state index in [1.165, 1.54) is 43.9 Å². The second kappa shape index (κ2) is 7.09. The van der Waals surface area contributed by atoms with E-state index in [4.69, 9.17) is 0 Å². The van der Waals surface area contributed by atoms with E-state index >= 15 is 0 Å². The number of amides is 1. The zero-order valence-electron chi connectivity index (χ0n) is 13.9. The number of hydrogen-bond donors (Lipinski definition) is 0. The summed E-state index contributed by atoms with van der Waals surface area (Å²) < 4.78 is 0. The van der Waals surface area contributed by atoms with E-state index in [0.29, 0.717) is 5.75 Å². The molecule has 1 saturated heterocycles. The Morgan fingerprint density at radius 3 is 2.88 bits per heavy atom. The summed E-state index contributed by atoms with van der Waals surface area (Å²) >= 11 is 1.54. The summed E-state index contributed by atoms with van der Waals surface area (Å²) in [6.45, 7) is 1.90. The second-order valence-corrected chi connectivity index (χ2v) is 7.88. The first kappa shape index (κ1) is 15.9. The van der Waals surface area contributed by atoms with Crippen molar-refractivity contribution in [3.05, 3.63) is 30.6 Å². The van der Waals surface area contributed by atoms with Gasteiger partial charge in [-0.25, -0.2) is 9.97 Å². The topological polar surface area (TPSA) is 46.1 Å². The predicted molar refractivity (Wildman–Crippen MR) is 96.9 cm³/mol. The SMILES string of the molecule is O=C(CSc1ncnc2ccccc12)N1CC[C@H]2CCCC[C@@H]2C1. The fourth-order valence-electron chi connectivity index (χ4n) is 4.14. The van der Waals surface area contributed by atoms with Crippen molar-refractivity contribution < 1.29 is 4.79 Å². The van der Waals surface area contributed by atoms with Gasteiger partial charge in [0, 0.05) is 18.5 Å². The quantitative estimate of drug-likeness (QED) is 0.630. The zero-order valence-corrected chi connectivity index (χ0v) is 14.7. The lowest BCUT2D eigenvalue weighted by Gasteiger charge is -2.41. The number of nitrogens with zero attached hydrogens (tertiary/aromatic N) is 3. The Morgan fingerprint density at radius 2 is 1.96 bits per heavy atom. The number of piperidine rings is 1.